The standard InChI is InChI=1S/C15H24FN3O/c1-3-19(7-8-20-4-2)15-12(9-13(16)11-18-15)10-17-14-5-6-14/h9,11,14,17H,3-8,10H2,1-2H3. The van der Waals surface area contributed by atoms with Gasteiger partial charge in [0.25, 0.3) is 0 Å². The van der Waals surface area contributed by atoms with Gasteiger partial charge in [-0.1, -0.05) is 0 Å². The Labute approximate surface area is 120 Å². The van der Waals surface area contributed by atoms with Crippen LogP contribution in [0, 0.1) is 5.82 Å². The van der Waals surface area contributed by atoms with E-state index in [0.717, 1.165) is 24.5 Å². The van der Waals surface area contributed by atoms with Crippen molar-refractivity contribution in [2.75, 3.05) is 31.2 Å². The number of aromatic nitrogens is 1. The zero-order valence-corrected chi connectivity index (χ0v) is 12.4. The van der Waals surface area contributed by atoms with Crippen LogP contribution in [0.3, 0.4) is 0 Å². The number of rotatable bonds is 9. The molecule has 5 heteroatoms. The number of ether oxygens (including phenoxy) is 1. The van der Waals surface area contributed by atoms with Crippen LogP contribution in [0.4, 0.5) is 10.2 Å². The Morgan fingerprint density at radius 2 is 2.25 bits per heavy atom. The van der Waals surface area contributed by atoms with Gasteiger partial charge in [0.1, 0.15) is 11.6 Å². The second-order valence-corrected chi connectivity index (χ2v) is 5.07. The molecule has 112 valence electrons. The van der Waals surface area contributed by atoms with Gasteiger partial charge in [-0.25, -0.2) is 9.37 Å². The van der Waals surface area contributed by atoms with Crippen LogP contribution >= 0.6 is 0 Å². The first-order chi connectivity index (χ1) is 9.74. The highest BCUT2D eigenvalue weighted by molar-refractivity contribution is 5.46. The van der Waals surface area contributed by atoms with E-state index in [4.69, 9.17) is 4.74 Å². The Hall–Kier alpha value is -1.20. The van der Waals surface area contributed by atoms with Crippen LogP contribution in [-0.2, 0) is 11.3 Å². The van der Waals surface area contributed by atoms with Crippen LogP contribution in [0.5, 0.6) is 0 Å². The molecule has 1 N–H and O–H groups in total. The lowest BCUT2D eigenvalue weighted by atomic mass is 10.2. The zero-order valence-electron chi connectivity index (χ0n) is 12.4. The highest BCUT2D eigenvalue weighted by atomic mass is 19.1. The summed E-state index contributed by atoms with van der Waals surface area (Å²) in [6.07, 6.45) is 3.74. The van der Waals surface area contributed by atoms with Crippen molar-refractivity contribution < 1.29 is 9.13 Å². The van der Waals surface area contributed by atoms with E-state index in [2.05, 4.69) is 22.1 Å². The van der Waals surface area contributed by atoms with E-state index in [-0.39, 0.29) is 5.82 Å². The molecule has 1 fully saturated rings. The molecule has 0 aliphatic heterocycles. The molecule has 0 saturated heterocycles. The number of pyridine rings is 1. The minimum atomic E-state index is -0.276. The lowest BCUT2D eigenvalue weighted by Gasteiger charge is -2.24. The minimum Gasteiger partial charge on any atom is -0.380 e. The third-order valence-electron chi connectivity index (χ3n) is 3.46. The number of nitrogens with zero attached hydrogens (tertiary/aromatic N) is 2. The molecular weight excluding hydrogens is 257 g/mol. The summed E-state index contributed by atoms with van der Waals surface area (Å²) in [7, 11) is 0. The summed E-state index contributed by atoms with van der Waals surface area (Å²) in [5.41, 5.74) is 0.926. The first kappa shape index (κ1) is 15.2. The predicted molar refractivity (Wildman–Crippen MR) is 78.4 cm³/mol. The minimum absolute atomic E-state index is 0.276. The number of hydrogen-bond donors (Lipinski definition) is 1. The van der Waals surface area contributed by atoms with Crippen LogP contribution in [0.25, 0.3) is 0 Å². The second-order valence-electron chi connectivity index (χ2n) is 5.07. The van der Waals surface area contributed by atoms with Crippen molar-refractivity contribution in [2.45, 2.75) is 39.3 Å². The monoisotopic (exact) mass is 281 g/mol. The Morgan fingerprint density at radius 3 is 2.90 bits per heavy atom. The summed E-state index contributed by atoms with van der Waals surface area (Å²) in [4.78, 5) is 6.42. The quantitative estimate of drug-likeness (QED) is 0.705. The van der Waals surface area contributed by atoms with Crippen molar-refractivity contribution in [3.8, 4) is 0 Å². The summed E-state index contributed by atoms with van der Waals surface area (Å²) in [6.45, 7) is 7.73. The molecule has 0 unspecified atom stereocenters. The van der Waals surface area contributed by atoms with E-state index in [9.17, 15) is 4.39 Å². The van der Waals surface area contributed by atoms with Gasteiger partial charge in [0.05, 0.1) is 12.8 Å². The molecule has 1 saturated carbocycles. The van der Waals surface area contributed by atoms with Gasteiger partial charge in [-0.15, -0.1) is 0 Å². The fraction of sp³-hybridized carbons (Fsp3) is 0.667. The van der Waals surface area contributed by atoms with Gasteiger partial charge in [-0.2, -0.15) is 0 Å². The Bertz CT molecular complexity index is 424. The summed E-state index contributed by atoms with van der Waals surface area (Å²) < 4.78 is 18.8. The first-order valence-corrected chi connectivity index (χ1v) is 7.45. The molecule has 0 amide bonds. The predicted octanol–water partition coefficient (Wildman–Crippen LogP) is 2.34. The topological polar surface area (TPSA) is 37.4 Å². The van der Waals surface area contributed by atoms with Crippen molar-refractivity contribution in [3.63, 3.8) is 0 Å². The average Bonchev–Trinajstić information content (AvgIpc) is 3.26. The molecule has 2 rings (SSSR count). The van der Waals surface area contributed by atoms with Crippen LogP contribution in [-0.4, -0.2) is 37.3 Å². The van der Waals surface area contributed by atoms with E-state index >= 15 is 0 Å². The molecule has 0 aromatic carbocycles. The summed E-state index contributed by atoms with van der Waals surface area (Å²) in [5, 5.41) is 3.42. The fourth-order valence-corrected chi connectivity index (χ4v) is 2.16. The molecule has 0 bridgehead atoms. The molecule has 0 spiro atoms. The zero-order chi connectivity index (χ0) is 14.4. The van der Waals surface area contributed by atoms with Gasteiger partial charge in [0.2, 0.25) is 0 Å². The highest BCUT2D eigenvalue weighted by Gasteiger charge is 2.21. The van der Waals surface area contributed by atoms with Crippen LogP contribution < -0.4 is 10.2 Å². The molecule has 1 aliphatic rings. The van der Waals surface area contributed by atoms with Gasteiger partial charge in [0.15, 0.2) is 0 Å². The third kappa shape index (κ3) is 4.42. The van der Waals surface area contributed by atoms with E-state index in [0.29, 0.717) is 25.8 Å². The SMILES string of the molecule is CCOCCN(CC)c1ncc(F)cc1CNC1CC1. The summed E-state index contributed by atoms with van der Waals surface area (Å²) in [5.74, 6) is 0.587. The smallest absolute Gasteiger partial charge is 0.141 e. The molecule has 20 heavy (non-hydrogen) atoms. The van der Waals surface area contributed by atoms with Crippen LogP contribution in [0.1, 0.15) is 32.3 Å². The highest BCUT2D eigenvalue weighted by Crippen LogP contribution is 2.22. The maximum absolute atomic E-state index is 13.4. The third-order valence-corrected chi connectivity index (χ3v) is 3.46. The molecule has 1 aromatic heterocycles. The molecule has 0 radical (unpaired) electrons. The van der Waals surface area contributed by atoms with Crippen molar-refractivity contribution in [2.24, 2.45) is 0 Å². The van der Waals surface area contributed by atoms with Gasteiger partial charge < -0.3 is 15.0 Å². The average molecular weight is 281 g/mol. The lowest BCUT2D eigenvalue weighted by molar-refractivity contribution is 0.154. The number of anilines is 1. The van der Waals surface area contributed by atoms with E-state index in [1.807, 2.05) is 6.92 Å². The maximum atomic E-state index is 13.4. The molecule has 1 heterocycles. The summed E-state index contributed by atoms with van der Waals surface area (Å²) in [6, 6.07) is 2.19. The largest absolute Gasteiger partial charge is 0.380 e. The van der Waals surface area contributed by atoms with E-state index in [1.165, 1.54) is 19.0 Å². The first-order valence-electron chi connectivity index (χ1n) is 7.45. The van der Waals surface area contributed by atoms with Crippen molar-refractivity contribution >= 4 is 5.82 Å². The normalized spacial score (nSPS) is 14.6. The Balaban J connectivity index is 2.05. The van der Waals surface area contributed by atoms with E-state index in [1.54, 1.807) is 6.07 Å². The molecule has 1 aliphatic carbocycles. The fourth-order valence-electron chi connectivity index (χ4n) is 2.16. The molecular formula is C15H24FN3O. The number of hydrogen-bond acceptors (Lipinski definition) is 4. The van der Waals surface area contributed by atoms with Gasteiger partial charge in [0, 0.05) is 37.8 Å². The van der Waals surface area contributed by atoms with Crippen molar-refractivity contribution in [1.82, 2.24) is 10.3 Å². The lowest BCUT2D eigenvalue weighted by Crippen LogP contribution is -2.30. The van der Waals surface area contributed by atoms with Gasteiger partial charge in [-0.05, 0) is 32.8 Å². The molecule has 4 nitrogen and oxygen atoms in total. The number of nitrogens with one attached hydrogen (secondary N) is 1. The summed E-state index contributed by atoms with van der Waals surface area (Å²) >= 11 is 0. The van der Waals surface area contributed by atoms with Crippen LogP contribution in [0.15, 0.2) is 12.3 Å². The maximum Gasteiger partial charge on any atom is 0.141 e. The van der Waals surface area contributed by atoms with Gasteiger partial charge in [-0.3, -0.25) is 0 Å². The van der Waals surface area contributed by atoms with Crippen molar-refractivity contribution in [3.05, 3.63) is 23.6 Å². The van der Waals surface area contributed by atoms with E-state index < -0.39 is 0 Å². The molecule has 0 atom stereocenters. The Kier molecular flexibility index (Phi) is 5.73. The Morgan fingerprint density at radius 1 is 1.45 bits per heavy atom. The van der Waals surface area contributed by atoms with Crippen LogP contribution in [0.2, 0.25) is 0 Å². The number of halogens is 1. The number of likely N-dealkylation sites (N-methyl/N-ethyl adjacent to an activating group) is 1. The molecule has 1 aromatic rings. The van der Waals surface area contributed by atoms with Crippen molar-refractivity contribution in [1.29, 1.82) is 0 Å². The second kappa shape index (κ2) is 7.55. The van der Waals surface area contributed by atoms with Gasteiger partial charge >= 0.3 is 0 Å².